The molecular formula is C18H18F3N3OS. The Morgan fingerprint density at radius 3 is 2.92 bits per heavy atom. The van der Waals surface area contributed by atoms with Crippen molar-refractivity contribution in [2.75, 3.05) is 24.5 Å². The fraction of sp³-hybridized carbons (Fsp3) is 0.444. The number of halogens is 3. The van der Waals surface area contributed by atoms with E-state index < -0.39 is 11.7 Å². The average molecular weight is 381 g/mol. The van der Waals surface area contributed by atoms with Crippen molar-refractivity contribution < 1.29 is 18.0 Å². The highest BCUT2D eigenvalue weighted by atomic mass is 32.1. The van der Waals surface area contributed by atoms with E-state index in [1.807, 2.05) is 4.90 Å². The minimum Gasteiger partial charge on any atom is -0.356 e. The molecule has 0 aromatic carbocycles. The summed E-state index contributed by atoms with van der Waals surface area (Å²) >= 11 is 1.73. The maximum absolute atomic E-state index is 12.9. The zero-order valence-corrected chi connectivity index (χ0v) is 14.8. The Kier molecular flexibility index (Phi) is 4.38. The zero-order chi connectivity index (χ0) is 18.3. The first kappa shape index (κ1) is 17.3. The molecule has 0 spiro atoms. The van der Waals surface area contributed by atoms with E-state index in [2.05, 4.69) is 16.4 Å². The van der Waals surface area contributed by atoms with Gasteiger partial charge in [-0.3, -0.25) is 4.79 Å². The Labute approximate surface area is 153 Å². The molecular weight excluding hydrogens is 363 g/mol. The molecule has 1 fully saturated rings. The number of fused-ring (bicyclic) bond motifs is 1. The summed E-state index contributed by atoms with van der Waals surface area (Å²) in [5.41, 5.74) is 0.502. The predicted molar refractivity (Wildman–Crippen MR) is 93.0 cm³/mol. The third-order valence-corrected chi connectivity index (χ3v) is 6.08. The number of pyridine rings is 1. The van der Waals surface area contributed by atoms with Crippen LogP contribution >= 0.6 is 11.3 Å². The van der Waals surface area contributed by atoms with Crippen LogP contribution in [-0.4, -0.2) is 35.4 Å². The Morgan fingerprint density at radius 1 is 1.27 bits per heavy atom. The third-order valence-electron chi connectivity index (χ3n) is 5.05. The van der Waals surface area contributed by atoms with Gasteiger partial charge in [-0.05, 0) is 42.0 Å². The van der Waals surface area contributed by atoms with Crippen LogP contribution in [0.2, 0.25) is 0 Å². The van der Waals surface area contributed by atoms with E-state index in [9.17, 15) is 18.0 Å². The number of hydrogen-bond donors (Lipinski definition) is 0. The maximum atomic E-state index is 12.9. The Morgan fingerprint density at radius 2 is 2.12 bits per heavy atom. The van der Waals surface area contributed by atoms with Crippen LogP contribution in [0.3, 0.4) is 0 Å². The van der Waals surface area contributed by atoms with Crippen molar-refractivity contribution in [2.24, 2.45) is 5.92 Å². The fourth-order valence-electron chi connectivity index (χ4n) is 3.63. The van der Waals surface area contributed by atoms with Crippen LogP contribution < -0.4 is 4.90 Å². The molecule has 0 N–H and O–H groups in total. The first-order chi connectivity index (χ1) is 12.4. The molecule has 1 amide bonds. The standard InChI is InChI=1S/C18H18F3N3OS/c19-18(20,21)14-1-5-22-16(9-14)23-6-2-13(11-23)17(25)24-7-3-15-12(10-24)4-8-26-15/h1,4-5,8-9,13H,2-3,6-7,10-11H2. The summed E-state index contributed by atoms with van der Waals surface area (Å²) in [7, 11) is 0. The van der Waals surface area contributed by atoms with Gasteiger partial charge in [0.05, 0.1) is 11.5 Å². The highest BCUT2D eigenvalue weighted by Crippen LogP contribution is 2.33. The normalized spacial score (nSPS) is 20.3. The molecule has 0 bridgehead atoms. The number of amides is 1. The molecule has 2 aromatic rings. The molecule has 4 rings (SSSR count). The summed E-state index contributed by atoms with van der Waals surface area (Å²) < 4.78 is 38.7. The first-order valence-corrected chi connectivity index (χ1v) is 9.42. The second kappa shape index (κ2) is 6.57. The monoisotopic (exact) mass is 381 g/mol. The molecule has 2 aromatic heterocycles. The van der Waals surface area contributed by atoms with Crippen LogP contribution in [0.1, 0.15) is 22.4 Å². The van der Waals surface area contributed by atoms with Gasteiger partial charge in [0, 0.05) is 37.3 Å². The quantitative estimate of drug-likeness (QED) is 0.798. The molecule has 4 heterocycles. The highest BCUT2D eigenvalue weighted by molar-refractivity contribution is 7.10. The lowest BCUT2D eigenvalue weighted by Crippen LogP contribution is -2.40. The summed E-state index contributed by atoms with van der Waals surface area (Å²) in [6.07, 6.45) is -1.69. The molecule has 2 aliphatic heterocycles. The lowest BCUT2D eigenvalue weighted by molar-refractivity contribution is -0.138. The molecule has 2 aliphatic rings. The van der Waals surface area contributed by atoms with E-state index in [1.165, 1.54) is 16.6 Å². The smallest absolute Gasteiger partial charge is 0.356 e. The molecule has 138 valence electrons. The molecule has 4 nitrogen and oxygen atoms in total. The van der Waals surface area contributed by atoms with Gasteiger partial charge in [0.25, 0.3) is 0 Å². The van der Waals surface area contributed by atoms with Crippen LogP contribution in [0.5, 0.6) is 0 Å². The van der Waals surface area contributed by atoms with Gasteiger partial charge in [0.1, 0.15) is 5.82 Å². The number of hydrogen-bond acceptors (Lipinski definition) is 4. The van der Waals surface area contributed by atoms with Crippen LogP contribution in [0.25, 0.3) is 0 Å². The molecule has 1 atom stereocenters. The number of rotatable bonds is 2. The second-order valence-corrected chi connectivity index (χ2v) is 7.71. The van der Waals surface area contributed by atoms with Gasteiger partial charge in [-0.15, -0.1) is 11.3 Å². The van der Waals surface area contributed by atoms with E-state index in [4.69, 9.17) is 0 Å². The van der Waals surface area contributed by atoms with E-state index in [-0.39, 0.29) is 17.6 Å². The Bertz CT molecular complexity index is 820. The van der Waals surface area contributed by atoms with Crippen molar-refractivity contribution in [3.8, 4) is 0 Å². The summed E-state index contributed by atoms with van der Waals surface area (Å²) in [6, 6.07) is 4.09. The topological polar surface area (TPSA) is 36.4 Å². The second-order valence-electron chi connectivity index (χ2n) is 6.71. The highest BCUT2D eigenvalue weighted by Gasteiger charge is 2.35. The first-order valence-electron chi connectivity index (χ1n) is 8.54. The number of alkyl halides is 3. The molecule has 1 unspecified atom stereocenters. The summed E-state index contributed by atoms with van der Waals surface area (Å²) in [5, 5.41) is 2.05. The number of carbonyl (C=O) groups excluding carboxylic acids is 1. The number of carbonyl (C=O) groups is 1. The summed E-state index contributed by atoms with van der Waals surface area (Å²) in [4.78, 5) is 21.9. The van der Waals surface area contributed by atoms with Crippen molar-refractivity contribution in [3.05, 3.63) is 45.8 Å². The van der Waals surface area contributed by atoms with Gasteiger partial charge < -0.3 is 9.80 Å². The van der Waals surface area contributed by atoms with Gasteiger partial charge >= 0.3 is 6.18 Å². The molecule has 0 saturated carbocycles. The molecule has 26 heavy (non-hydrogen) atoms. The lowest BCUT2D eigenvalue weighted by Gasteiger charge is -2.29. The average Bonchev–Trinajstić information content (AvgIpc) is 3.29. The van der Waals surface area contributed by atoms with Crippen molar-refractivity contribution in [2.45, 2.75) is 25.6 Å². The van der Waals surface area contributed by atoms with Crippen LogP contribution in [-0.2, 0) is 23.9 Å². The van der Waals surface area contributed by atoms with Gasteiger partial charge in [-0.25, -0.2) is 4.98 Å². The minimum absolute atomic E-state index is 0.0938. The fourth-order valence-corrected chi connectivity index (χ4v) is 4.52. The van der Waals surface area contributed by atoms with Crippen LogP contribution in [0.15, 0.2) is 29.8 Å². The van der Waals surface area contributed by atoms with E-state index in [0.29, 0.717) is 32.6 Å². The number of anilines is 1. The van der Waals surface area contributed by atoms with E-state index >= 15 is 0 Å². The lowest BCUT2D eigenvalue weighted by atomic mass is 10.0. The van der Waals surface area contributed by atoms with Crippen molar-refractivity contribution in [3.63, 3.8) is 0 Å². The van der Waals surface area contributed by atoms with Crippen molar-refractivity contribution in [1.82, 2.24) is 9.88 Å². The van der Waals surface area contributed by atoms with E-state index in [0.717, 1.165) is 18.6 Å². The zero-order valence-electron chi connectivity index (χ0n) is 14.0. The van der Waals surface area contributed by atoms with Gasteiger partial charge in [0.15, 0.2) is 0 Å². The molecule has 0 aliphatic carbocycles. The third kappa shape index (κ3) is 3.30. The molecule has 1 saturated heterocycles. The van der Waals surface area contributed by atoms with Gasteiger partial charge in [0.2, 0.25) is 5.91 Å². The number of nitrogens with zero attached hydrogens (tertiary/aromatic N) is 3. The van der Waals surface area contributed by atoms with Crippen molar-refractivity contribution in [1.29, 1.82) is 0 Å². The Balaban J connectivity index is 1.43. The largest absolute Gasteiger partial charge is 0.416 e. The van der Waals surface area contributed by atoms with Crippen LogP contribution in [0, 0.1) is 5.92 Å². The van der Waals surface area contributed by atoms with Crippen LogP contribution in [0.4, 0.5) is 19.0 Å². The molecule has 0 radical (unpaired) electrons. The molecule has 8 heteroatoms. The number of aromatic nitrogens is 1. The SMILES string of the molecule is O=C(C1CCN(c2cc(C(F)(F)F)ccn2)C1)N1CCc2sccc2C1. The Hall–Kier alpha value is -2.09. The van der Waals surface area contributed by atoms with Crippen molar-refractivity contribution >= 4 is 23.1 Å². The summed E-state index contributed by atoms with van der Waals surface area (Å²) in [5.74, 6) is 0.191. The van der Waals surface area contributed by atoms with Gasteiger partial charge in [-0.1, -0.05) is 0 Å². The minimum atomic E-state index is -4.39. The number of thiophene rings is 1. The predicted octanol–water partition coefficient (Wildman–Crippen LogP) is 3.57. The van der Waals surface area contributed by atoms with Gasteiger partial charge in [-0.2, -0.15) is 13.2 Å². The van der Waals surface area contributed by atoms with E-state index in [1.54, 1.807) is 16.2 Å². The summed E-state index contributed by atoms with van der Waals surface area (Å²) in [6.45, 7) is 2.31. The maximum Gasteiger partial charge on any atom is 0.416 e.